The first-order valence-corrected chi connectivity index (χ1v) is 10.9. The van der Waals surface area contributed by atoms with Crippen LogP contribution in [-0.4, -0.2) is 72.3 Å². The van der Waals surface area contributed by atoms with Gasteiger partial charge in [-0.05, 0) is 57.7 Å². The minimum atomic E-state index is -0.483. The molecule has 2 heterocycles. The number of hydrogen-bond donors (Lipinski definition) is 1. The number of ether oxygens (including phenoxy) is 2. The number of methoxy groups -OCH3 is 1. The molecule has 0 aliphatic carbocycles. The third-order valence-corrected chi connectivity index (χ3v) is 5.98. The zero-order valence-electron chi connectivity index (χ0n) is 19.1. The van der Waals surface area contributed by atoms with E-state index in [0.29, 0.717) is 19.1 Å². The van der Waals surface area contributed by atoms with Crippen molar-refractivity contribution in [2.75, 3.05) is 39.8 Å². The number of nitrogens with one attached hydrogen (secondary N) is 1. The number of carbonyl (C=O) groups is 1. The first-order chi connectivity index (χ1) is 14.6. The number of nitrogens with zero attached hydrogens (tertiary/aromatic N) is 3. The Balaban J connectivity index is 1.64. The van der Waals surface area contributed by atoms with E-state index in [1.165, 1.54) is 7.11 Å². The normalized spacial score (nSPS) is 21.1. The number of likely N-dealkylation sites (tertiary alicyclic amines) is 1. The highest BCUT2D eigenvalue weighted by molar-refractivity contribution is 5.68. The number of hydrogen-bond acceptors (Lipinski definition) is 7. The number of carbonyl (C=O) groups excluding carboxylic acids is 1. The molecule has 0 saturated carbocycles. The molecule has 1 aromatic carbocycles. The number of piperidine rings is 1. The Morgan fingerprint density at radius 2 is 1.90 bits per heavy atom. The highest BCUT2D eigenvalue weighted by atomic mass is 16.6. The molecule has 0 aromatic heterocycles. The second-order valence-electron chi connectivity index (χ2n) is 9.34. The van der Waals surface area contributed by atoms with Crippen molar-refractivity contribution >= 4 is 11.8 Å². The molecule has 1 atom stereocenters. The number of piperazine rings is 1. The summed E-state index contributed by atoms with van der Waals surface area (Å²) in [7, 11) is 1.46. The number of rotatable bonds is 4. The summed E-state index contributed by atoms with van der Waals surface area (Å²) < 4.78 is 10.8. The molecule has 2 fully saturated rings. The van der Waals surface area contributed by atoms with Gasteiger partial charge in [-0.25, -0.2) is 4.79 Å². The molecule has 1 amide bonds. The Hall–Kier alpha value is -2.39. The number of nitro benzene ring substituents is 1. The van der Waals surface area contributed by atoms with Crippen LogP contribution in [0.1, 0.15) is 50.8 Å². The molecule has 0 spiro atoms. The lowest BCUT2D eigenvalue weighted by atomic mass is 9.95. The summed E-state index contributed by atoms with van der Waals surface area (Å²) in [6.45, 7) is 11.5. The van der Waals surface area contributed by atoms with Gasteiger partial charge in [0.1, 0.15) is 5.60 Å². The van der Waals surface area contributed by atoms with Gasteiger partial charge in [0.25, 0.3) is 0 Å². The maximum absolute atomic E-state index is 12.3. The second-order valence-corrected chi connectivity index (χ2v) is 9.34. The van der Waals surface area contributed by atoms with Gasteiger partial charge in [0.2, 0.25) is 0 Å². The first-order valence-electron chi connectivity index (χ1n) is 10.9. The summed E-state index contributed by atoms with van der Waals surface area (Å²) in [6, 6.07) is 3.87. The minimum absolute atomic E-state index is 0.00840. The van der Waals surface area contributed by atoms with E-state index in [-0.39, 0.29) is 23.6 Å². The fraction of sp³-hybridized carbons (Fsp3) is 0.682. The molecule has 0 bridgehead atoms. The van der Waals surface area contributed by atoms with Crippen LogP contribution in [0.25, 0.3) is 0 Å². The van der Waals surface area contributed by atoms with E-state index in [2.05, 4.69) is 10.2 Å². The lowest BCUT2D eigenvalue weighted by molar-refractivity contribution is -0.385. The minimum Gasteiger partial charge on any atom is -0.490 e. The smallest absolute Gasteiger partial charge is 0.410 e. The Bertz CT molecular complexity index is 815. The summed E-state index contributed by atoms with van der Waals surface area (Å²) in [4.78, 5) is 27.5. The molecule has 9 heteroatoms. The molecule has 2 saturated heterocycles. The number of benzene rings is 1. The predicted molar refractivity (Wildman–Crippen MR) is 118 cm³/mol. The molecule has 31 heavy (non-hydrogen) atoms. The van der Waals surface area contributed by atoms with E-state index in [1.54, 1.807) is 17.0 Å². The maximum Gasteiger partial charge on any atom is 0.410 e. The highest BCUT2D eigenvalue weighted by Gasteiger charge is 2.33. The van der Waals surface area contributed by atoms with Crippen molar-refractivity contribution in [3.05, 3.63) is 33.4 Å². The van der Waals surface area contributed by atoms with Crippen molar-refractivity contribution < 1.29 is 19.2 Å². The Morgan fingerprint density at radius 3 is 2.48 bits per heavy atom. The summed E-state index contributed by atoms with van der Waals surface area (Å²) in [5.41, 5.74) is 1.42. The lowest BCUT2D eigenvalue weighted by Crippen LogP contribution is -2.54. The fourth-order valence-corrected chi connectivity index (χ4v) is 4.42. The van der Waals surface area contributed by atoms with E-state index < -0.39 is 10.5 Å². The molecule has 0 radical (unpaired) electrons. The van der Waals surface area contributed by atoms with Crippen molar-refractivity contribution in [1.82, 2.24) is 15.1 Å². The Morgan fingerprint density at radius 1 is 1.23 bits per heavy atom. The highest BCUT2D eigenvalue weighted by Crippen LogP contribution is 2.34. The second kappa shape index (κ2) is 9.40. The van der Waals surface area contributed by atoms with E-state index in [4.69, 9.17) is 9.47 Å². The molecular formula is C22H34N4O5. The van der Waals surface area contributed by atoms with Crippen LogP contribution in [0.5, 0.6) is 5.75 Å². The van der Waals surface area contributed by atoms with Gasteiger partial charge < -0.3 is 19.7 Å². The molecule has 1 unspecified atom stereocenters. The van der Waals surface area contributed by atoms with E-state index in [9.17, 15) is 14.9 Å². The molecule has 172 valence electrons. The summed E-state index contributed by atoms with van der Waals surface area (Å²) in [5, 5.41) is 14.8. The lowest BCUT2D eigenvalue weighted by Gasteiger charge is -2.43. The van der Waals surface area contributed by atoms with Crippen LogP contribution in [0.3, 0.4) is 0 Å². The number of aryl methyl sites for hydroxylation is 1. The maximum atomic E-state index is 12.3. The van der Waals surface area contributed by atoms with Gasteiger partial charge >= 0.3 is 11.8 Å². The third kappa shape index (κ3) is 5.65. The molecule has 1 aromatic rings. The summed E-state index contributed by atoms with van der Waals surface area (Å²) in [6.07, 6.45) is 1.58. The van der Waals surface area contributed by atoms with Crippen molar-refractivity contribution in [2.45, 2.75) is 58.2 Å². The van der Waals surface area contributed by atoms with Crippen molar-refractivity contribution in [1.29, 1.82) is 0 Å². The Kier molecular flexibility index (Phi) is 7.06. The van der Waals surface area contributed by atoms with E-state index in [0.717, 1.165) is 43.6 Å². The van der Waals surface area contributed by atoms with Crippen LogP contribution in [0.2, 0.25) is 0 Å². The van der Waals surface area contributed by atoms with Crippen LogP contribution >= 0.6 is 0 Å². The van der Waals surface area contributed by atoms with Gasteiger partial charge in [-0.15, -0.1) is 0 Å². The predicted octanol–water partition coefficient (Wildman–Crippen LogP) is 3.26. The average Bonchev–Trinajstić information content (AvgIpc) is 2.72. The van der Waals surface area contributed by atoms with Crippen LogP contribution < -0.4 is 10.1 Å². The molecule has 2 aliphatic rings. The van der Waals surface area contributed by atoms with Crippen molar-refractivity contribution in [3.63, 3.8) is 0 Å². The largest absolute Gasteiger partial charge is 0.490 e. The molecule has 2 aliphatic heterocycles. The van der Waals surface area contributed by atoms with Gasteiger partial charge in [-0.2, -0.15) is 0 Å². The average molecular weight is 435 g/mol. The van der Waals surface area contributed by atoms with Gasteiger partial charge in [0.15, 0.2) is 5.75 Å². The summed E-state index contributed by atoms with van der Waals surface area (Å²) in [5.74, 6) is 0.287. The fourth-order valence-electron chi connectivity index (χ4n) is 4.42. The molecular weight excluding hydrogens is 400 g/mol. The number of nitro groups is 1. The third-order valence-electron chi connectivity index (χ3n) is 5.98. The Labute approximate surface area is 183 Å². The van der Waals surface area contributed by atoms with E-state index in [1.807, 2.05) is 27.7 Å². The van der Waals surface area contributed by atoms with Crippen LogP contribution in [-0.2, 0) is 4.74 Å². The monoisotopic (exact) mass is 434 g/mol. The van der Waals surface area contributed by atoms with Crippen LogP contribution in [0.15, 0.2) is 12.1 Å². The van der Waals surface area contributed by atoms with Crippen molar-refractivity contribution in [2.24, 2.45) is 0 Å². The first kappa shape index (κ1) is 23.3. The molecule has 1 N–H and O–H groups in total. The summed E-state index contributed by atoms with van der Waals surface area (Å²) >= 11 is 0. The topological polar surface area (TPSA) is 97.2 Å². The SMILES string of the molecule is COc1cc(C2CN(C3CCN(C(=O)OC(C)(C)C)CC3)CCN2)c(C)cc1[N+](=O)[O-]. The molecule has 3 rings (SSSR count). The van der Waals surface area contributed by atoms with Gasteiger partial charge in [0, 0.05) is 50.9 Å². The van der Waals surface area contributed by atoms with Crippen molar-refractivity contribution in [3.8, 4) is 5.75 Å². The zero-order valence-corrected chi connectivity index (χ0v) is 19.1. The zero-order chi connectivity index (χ0) is 22.8. The van der Waals surface area contributed by atoms with Gasteiger partial charge in [0.05, 0.1) is 12.0 Å². The van der Waals surface area contributed by atoms with Crippen LogP contribution in [0.4, 0.5) is 10.5 Å². The van der Waals surface area contributed by atoms with Crippen LogP contribution in [0, 0.1) is 17.0 Å². The van der Waals surface area contributed by atoms with Gasteiger partial charge in [-0.1, -0.05) is 0 Å². The molecule has 9 nitrogen and oxygen atoms in total. The number of amides is 1. The van der Waals surface area contributed by atoms with Gasteiger partial charge in [-0.3, -0.25) is 15.0 Å². The quantitative estimate of drug-likeness (QED) is 0.574. The standard InChI is InChI=1S/C22H34N4O5/c1-15-12-19(26(28)29)20(30-5)13-17(15)18-14-25(11-8-23-18)16-6-9-24(10-7-16)21(27)31-22(2,3)4/h12-13,16,18,23H,6-11,14H2,1-5H3. The van der Waals surface area contributed by atoms with E-state index >= 15 is 0 Å².